The summed E-state index contributed by atoms with van der Waals surface area (Å²) in [5, 5.41) is 2.85. The molecule has 1 fully saturated rings. The molecule has 1 heterocycles. The summed E-state index contributed by atoms with van der Waals surface area (Å²) in [6.45, 7) is 0.261. The van der Waals surface area contributed by atoms with Crippen LogP contribution in [0.5, 0.6) is 0 Å². The van der Waals surface area contributed by atoms with E-state index in [1.54, 1.807) is 0 Å². The SMILES string of the molecule is O=C(COC(=O)c1cc(S(=O)(=O)N2CCOCC2)ccc1F)N[C@H]1CCCc2ccccc21. The summed E-state index contributed by atoms with van der Waals surface area (Å²) in [6.07, 6.45) is 2.64. The molecule has 0 bridgehead atoms. The summed E-state index contributed by atoms with van der Waals surface area (Å²) < 4.78 is 51.2. The Morgan fingerprint density at radius 2 is 1.91 bits per heavy atom. The monoisotopic (exact) mass is 476 g/mol. The second-order valence-corrected chi connectivity index (χ2v) is 9.88. The topological polar surface area (TPSA) is 102 Å². The lowest BCUT2D eigenvalue weighted by atomic mass is 9.88. The molecule has 0 unspecified atom stereocenters. The summed E-state index contributed by atoms with van der Waals surface area (Å²) in [7, 11) is -3.91. The Kier molecular flexibility index (Phi) is 7.06. The van der Waals surface area contributed by atoms with Crippen LogP contribution in [0.2, 0.25) is 0 Å². The van der Waals surface area contributed by atoms with Gasteiger partial charge in [0.2, 0.25) is 10.0 Å². The minimum Gasteiger partial charge on any atom is -0.452 e. The van der Waals surface area contributed by atoms with Gasteiger partial charge < -0.3 is 14.8 Å². The summed E-state index contributed by atoms with van der Waals surface area (Å²) in [6, 6.07) is 10.6. The first kappa shape index (κ1) is 23.3. The van der Waals surface area contributed by atoms with Crippen LogP contribution in [0.15, 0.2) is 47.4 Å². The number of morpholine rings is 1. The first-order valence-electron chi connectivity index (χ1n) is 10.8. The number of rotatable bonds is 6. The fourth-order valence-electron chi connectivity index (χ4n) is 4.11. The van der Waals surface area contributed by atoms with Crippen LogP contribution < -0.4 is 5.32 Å². The van der Waals surface area contributed by atoms with E-state index in [4.69, 9.17) is 9.47 Å². The predicted octanol–water partition coefficient (Wildman–Crippen LogP) is 2.20. The number of sulfonamides is 1. The zero-order valence-electron chi connectivity index (χ0n) is 18.0. The van der Waals surface area contributed by atoms with Crippen LogP contribution in [0.25, 0.3) is 0 Å². The van der Waals surface area contributed by atoms with E-state index in [9.17, 15) is 22.4 Å². The highest BCUT2D eigenvalue weighted by Crippen LogP contribution is 2.29. The summed E-state index contributed by atoms with van der Waals surface area (Å²) >= 11 is 0. The maximum absolute atomic E-state index is 14.3. The van der Waals surface area contributed by atoms with Gasteiger partial charge in [-0.2, -0.15) is 4.31 Å². The number of esters is 1. The number of fused-ring (bicyclic) bond motifs is 1. The van der Waals surface area contributed by atoms with Gasteiger partial charge in [-0.05, 0) is 48.6 Å². The zero-order valence-corrected chi connectivity index (χ0v) is 18.8. The second kappa shape index (κ2) is 9.98. The highest BCUT2D eigenvalue weighted by Gasteiger charge is 2.28. The van der Waals surface area contributed by atoms with E-state index >= 15 is 0 Å². The predicted molar refractivity (Wildman–Crippen MR) is 117 cm³/mol. The molecule has 2 aliphatic rings. The van der Waals surface area contributed by atoms with E-state index in [-0.39, 0.29) is 37.2 Å². The Hall–Kier alpha value is -2.82. The molecule has 1 atom stereocenters. The standard InChI is InChI=1S/C23H25FN2O6S/c24-20-9-8-17(33(29,30)26-10-12-31-13-11-26)14-19(20)23(28)32-15-22(27)25-21-7-3-5-16-4-1-2-6-18(16)21/h1-2,4,6,8-9,14,21H,3,5,7,10-13,15H2,(H,25,27)/t21-/m0/s1. The van der Waals surface area contributed by atoms with Crippen molar-refractivity contribution in [3.05, 3.63) is 65.0 Å². The van der Waals surface area contributed by atoms with Crippen LogP contribution in [-0.2, 0) is 30.7 Å². The Balaban J connectivity index is 1.40. The second-order valence-electron chi connectivity index (χ2n) is 7.95. The molecule has 33 heavy (non-hydrogen) atoms. The molecule has 0 radical (unpaired) electrons. The van der Waals surface area contributed by atoms with Crippen molar-refractivity contribution in [1.29, 1.82) is 0 Å². The van der Waals surface area contributed by atoms with Crippen molar-refractivity contribution in [3.63, 3.8) is 0 Å². The molecule has 1 aliphatic carbocycles. The molecule has 2 aromatic carbocycles. The van der Waals surface area contributed by atoms with Crippen molar-refractivity contribution in [3.8, 4) is 0 Å². The van der Waals surface area contributed by atoms with Gasteiger partial charge in [0.05, 0.1) is 29.7 Å². The molecule has 1 N–H and O–H groups in total. The lowest BCUT2D eigenvalue weighted by molar-refractivity contribution is -0.125. The van der Waals surface area contributed by atoms with E-state index in [1.807, 2.05) is 24.3 Å². The normalized spacial score (nSPS) is 18.9. The van der Waals surface area contributed by atoms with Crippen LogP contribution >= 0.6 is 0 Å². The van der Waals surface area contributed by atoms with Crippen LogP contribution in [0.3, 0.4) is 0 Å². The maximum atomic E-state index is 14.3. The minimum atomic E-state index is -3.91. The molecule has 0 aromatic heterocycles. The minimum absolute atomic E-state index is 0.171. The van der Waals surface area contributed by atoms with Crippen molar-refractivity contribution in [2.45, 2.75) is 30.2 Å². The molecule has 176 valence electrons. The molecule has 0 saturated carbocycles. The summed E-state index contributed by atoms with van der Waals surface area (Å²) in [5.74, 6) is -2.55. The molecule has 1 saturated heterocycles. The quantitative estimate of drug-likeness (QED) is 0.642. The fourth-order valence-corrected chi connectivity index (χ4v) is 5.54. The lowest BCUT2D eigenvalue weighted by Gasteiger charge is -2.26. The number of aryl methyl sites for hydroxylation is 1. The van der Waals surface area contributed by atoms with Gasteiger partial charge in [0.25, 0.3) is 5.91 Å². The van der Waals surface area contributed by atoms with Crippen LogP contribution in [-0.4, -0.2) is 57.5 Å². The van der Waals surface area contributed by atoms with Gasteiger partial charge in [0, 0.05) is 13.1 Å². The van der Waals surface area contributed by atoms with E-state index < -0.39 is 39.9 Å². The fraction of sp³-hybridized carbons (Fsp3) is 0.391. The number of amides is 1. The molecule has 8 nitrogen and oxygen atoms in total. The van der Waals surface area contributed by atoms with E-state index in [0.29, 0.717) is 0 Å². The van der Waals surface area contributed by atoms with E-state index in [2.05, 4.69) is 5.32 Å². The third-order valence-electron chi connectivity index (χ3n) is 5.80. The van der Waals surface area contributed by atoms with Crippen molar-refractivity contribution in [1.82, 2.24) is 9.62 Å². The van der Waals surface area contributed by atoms with Gasteiger partial charge in [0.1, 0.15) is 5.82 Å². The number of nitrogens with zero attached hydrogens (tertiary/aromatic N) is 1. The van der Waals surface area contributed by atoms with Gasteiger partial charge in [-0.15, -0.1) is 0 Å². The van der Waals surface area contributed by atoms with Crippen LogP contribution in [0.4, 0.5) is 4.39 Å². The van der Waals surface area contributed by atoms with Gasteiger partial charge in [0.15, 0.2) is 6.61 Å². The van der Waals surface area contributed by atoms with Gasteiger partial charge in [-0.25, -0.2) is 17.6 Å². The summed E-state index contributed by atoms with van der Waals surface area (Å²) in [4.78, 5) is 24.6. The van der Waals surface area contributed by atoms with Gasteiger partial charge in [-0.1, -0.05) is 24.3 Å². The van der Waals surface area contributed by atoms with E-state index in [0.717, 1.165) is 43.0 Å². The van der Waals surface area contributed by atoms with E-state index in [1.165, 1.54) is 9.87 Å². The van der Waals surface area contributed by atoms with Crippen molar-refractivity contribution >= 4 is 21.9 Å². The Morgan fingerprint density at radius 1 is 1.15 bits per heavy atom. The van der Waals surface area contributed by atoms with Gasteiger partial charge in [-0.3, -0.25) is 4.79 Å². The molecule has 2 aromatic rings. The highest BCUT2D eigenvalue weighted by molar-refractivity contribution is 7.89. The molecule has 1 amide bonds. The molecule has 10 heteroatoms. The molecule has 0 spiro atoms. The molecular weight excluding hydrogens is 451 g/mol. The number of benzene rings is 2. The average molecular weight is 477 g/mol. The van der Waals surface area contributed by atoms with Crippen molar-refractivity contribution < 1.29 is 31.9 Å². The first-order valence-corrected chi connectivity index (χ1v) is 12.2. The largest absolute Gasteiger partial charge is 0.452 e. The molecule has 1 aliphatic heterocycles. The number of halogens is 1. The maximum Gasteiger partial charge on any atom is 0.341 e. The third-order valence-corrected chi connectivity index (χ3v) is 7.70. The smallest absolute Gasteiger partial charge is 0.341 e. The number of hydrogen-bond donors (Lipinski definition) is 1. The Bertz CT molecular complexity index is 1150. The van der Waals surface area contributed by atoms with Crippen molar-refractivity contribution in [2.24, 2.45) is 0 Å². The zero-order chi connectivity index (χ0) is 23.4. The lowest BCUT2D eigenvalue weighted by Crippen LogP contribution is -2.40. The first-order chi connectivity index (χ1) is 15.9. The average Bonchev–Trinajstić information content (AvgIpc) is 2.83. The number of carbonyl (C=O) groups is 2. The molecule has 4 rings (SSSR count). The van der Waals surface area contributed by atoms with Gasteiger partial charge >= 0.3 is 5.97 Å². The number of carbonyl (C=O) groups excluding carboxylic acids is 2. The Morgan fingerprint density at radius 3 is 2.70 bits per heavy atom. The van der Waals surface area contributed by atoms with Crippen LogP contribution in [0, 0.1) is 5.82 Å². The Labute approximate surface area is 191 Å². The number of hydrogen-bond acceptors (Lipinski definition) is 6. The van der Waals surface area contributed by atoms with Crippen LogP contribution in [0.1, 0.15) is 40.4 Å². The summed E-state index contributed by atoms with van der Waals surface area (Å²) in [5.41, 5.74) is 1.67. The highest BCUT2D eigenvalue weighted by atomic mass is 32.2. The molecular formula is C23H25FN2O6S. The number of nitrogens with one attached hydrogen (secondary N) is 1. The number of ether oxygens (including phenoxy) is 2. The van der Waals surface area contributed by atoms with Crippen molar-refractivity contribution in [2.75, 3.05) is 32.9 Å². The third kappa shape index (κ3) is 5.23.